The van der Waals surface area contributed by atoms with Crippen LogP contribution in [-0.2, 0) is 4.52 Å². The molecule has 0 aromatic heterocycles. The van der Waals surface area contributed by atoms with E-state index in [0.29, 0.717) is 0 Å². The summed E-state index contributed by atoms with van der Waals surface area (Å²) in [6.07, 6.45) is 1.90. The van der Waals surface area contributed by atoms with Gasteiger partial charge in [-0.1, -0.05) is 49.1 Å². The molecular formula is C18H17IOP+. The molecule has 1 unspecified atom stereocenters. The molecule has 1 heterocycles. The Morgan fingerprint density at radius 2 is 1.48 bits per heavy atom. The van der Waals surface area contributed by atoms with Gasteiger partial charge < -0.3 is 0 Å². The Morgan fingerprint density at radius 1 is 1.00 bits per heavy atom. The highest BCUT2D eigenvalue weighted by Crippen LogP contribution is 2.68. The molecule has 1 nitrogen and oxygen atoms in total. The third-order valence-electron chi connectivity index (χ3n) is 3.77. The van der Waals surface area contributed by atoms with Crippen molar-refractivity contribution < 1.29 is 4.52 Å². The SMILES string of the molecule is C=CC1(C)O[P+](c2ccccc2)(c2ccccc2)C=C1I. The summed E-state index contributed by atoms with van der Waals surface area (Å²) in [4.78, 5) is 0. The van der Waals surface area contributed by atoms with Crippen molar-refractivity contribution in [3.8, 4) is 0 Å². The Labute approximate surface area is 140 Å². The van der Waals surface area contributed by atoms with Gasteiger partial charge in [0.05, 0.1) is 3.58 Å². The van der Waals surface area contributed by atoms with E-state index in [1.54, 1.807) is 0 Å². The molecule has 0 amide bonds. The Hall–Kier alpha value is -0.960. The molecule has 0 saturated heterocycles. The Kier molecular flexibility index (Phi) is 4.04. The zero-order valence-electron chi connectivity index (χ0n) is 11.9. The predicted molar refractivity (Wildman–Crippen MR) is 101 cm³/mol. The van der Waals surface area contributed by atoms with Crippen molar-refractivity contribution in [2.24, 2.45) is 0 Å². The van der Waals surface area contributed by atoms with Crippen molar-refractivity contribution in [3.05, 3.63) is 82.7 Å². The molecular weight excluding hydrogens is 390 g/mol. The minimum absolute atomic E-state index is 0.403. The van der Waals surface area contributed by atoms with Gasteiger partial charge in [0.2, 0.25) is 7.49 Å². The van der Waals surface area contributed by atoms with Gasteiger partial charge in [-0.15, -0.1) is 0 Å². The number of hydrogen-bond acceptors (Lipinski definition) is 1. The summed E-state index contributed by atoms with van der Waals surface area (Å²) in [6.45, 7) is 6.05. The molecule has 0 aliphatic carbocycles. The summed E-state index contributed by atoms with van der Waals surface area (Å²) < 4.78 is 7.87. The van der Waals surface area contributed by atoms with E-state index in [1.165, 1.54) is 14.2 Å². The average Bonchev–Trinajstić information content (AvgIpc) is 2.83. The molecule has 2 aromatic carbocycles. The Morgan fingerprint density at radius 3 is 1.86 bits per heavy atom. The number of hydrogen-bond donors (Lipinski definition) is 0. The lowest BCUT2D eigenvalue weighted by atomic mass is 10.1. The van der Waals surface area contributed by atoms with Gasteiger partial charge in [0.1, 0.15) is 16.4 Å². The monoisotopic (exact) mass is 407 g/mol. The lowest BCUT2D eigenvalue weighted by Crippen LogP contribution is -2.27. The molecule has 2 aromatic rings. The van der Waals surface area contributed by atoms with Gasteiger partial charge in [-0.3, -0.25) is 0 Å². The van der Waals surface area contributed by atoms with Crippen LogP contribution in [0.4, 0.5) is 0 Å². The maximum absolute atomic E-state index is 6.66. The van der Waals surface area contributed by atoms with Crippen LogP contribution >= 0.6 is 30.1 Å². The van der Waals surface area contributed by atoms with Gasteiger partial charge in [0.15, 0.2) is 5.60 Å². The van der Waals surface area contributed by atoms with E-state index in [-0.39, 0.29) is 0 Å². The van der Waals surface area contributed by atoms with Crippen molar-refractivity contribution in [2.75, 3.05) is 0 Å². The zero-order chi connectivity index (χ0) is 14.9. The smallest absolute Gasteiger partial charge is 0.207 e. The minimum Gasteiger partial charge on any atom is -0.207 e. The standard InChI is InChI=1S/C18H17IOP/c1-3-18(2)17(19)14-21(20-18,15-10-6-4-7-11-15)16-12-8-5-9-13-16/h3-14H,1H2,2H3/q+1. The highest BCUT2D eigenvalue weighted by atomic mass is 127. The normalized spacial score (nSPS) is 23.6. The van der Waals surface area contributed by atoms with Gasteiger partial charge in [-0.25, -0.2) is 4.52 Å². The van der Waals surface area contributed by atoms with Crippen LogP contribution in [0.25, 0.3) is 0 Å². The number of halogens is 1. The second-order valence-electron chi connectivity index (χ2n) is 5.21. The van der Waals surface area contributed by atoms with Crippen LogP contribution in [0.2, 0.25) is 0 Å². The molecule has 0 spiro atoms. The Bertz CT molecular complexity index is 641. The molecule has 1 atom stereocenters. The largest absolute Gasteiger partial charge is 0.237 e. The van der Waals surface area contributed by atoms with Crippen molar-refractivity contribution in [1.82, 2.24) is 0 Å². The van der Waals surface area contributed by atoms with Crippen LogP contribution in [0.5, 0.6) is 0 Å². The fourth-order valence-corrected chi connectivity index (χ4v) is 7.61. The first-order chi connectivity index (χ1) is 10.1. The molecule has 0 fully saturated rings. The van der Waals surface area contributed by atoms with Crippen LogP contribution < -0.4 is 10.6 Å². The second kappa shape index (κ2) is 5.68. The topological polar surface area (TPSA) is 9.23 Å². The van der Waals surface area contributed by atoms with Crippen molar-refractivity contribution in [3.63, 3.8) is 0 Å². The molecule has 1 aliphatic heterocycles. The van der Waals surface area contributed by atoms with Crippen LogP contribution in [0.1, 0.15) is 6.92 Å². The molecule has 3 rings (SSSR count). The second-order valence-corrected chi connectivity index (χ2v) is 9.16. The van der Waals surface area contributed by atoms with Gasteiger partial charge >= 0.3 is 0 Å². The van der Waals surface area contributed by atoms with E-state index >= 15 is 0 Å². The number of rotatable bonds is 3. The Balaban J connectivity index is 2.22. The zero-order valence-corrected chi connectivity index (χ0v) is 14.9. The molecule has 3 heteroatoms. The van der Waals surface area contributed by atoms with Gasteiger partial charge in [0.25, 0.3) is 0 Å². The fraction of sp³-hybridized carbons (Fsp3) is 0.111. The molecule has 0 N–H and O–H groups in total. The van der Waals surface area contributed by atoms with E-state index in [1.807, 2.05) is 18.2 Å². The van der Waals surface area contributed by atoms with Crippen LogP contribution in [0.3, 0.4) is 0 Å². The first kappa shape index (κ1) is 15.0. The maximum Gasteiger partial charge on any atom is 0.237 e. The first-order valence-corrected chi connectivity index (χ1v) is 9.69. The molecule has 0 radical (unpaired) electrons. The first-order valence-electron chi connectivity index (χ1n) is 6.84. The average molecular weight is 407 g/mol. The van der Waals surface area contributed by atoms with E-state index in [4.69, 9.17) is 4.52 Å². The lowest BCUT2D eigenvalue weighted by molar-refractivity contribution is 0.226. The van der Waals surface area contributed by atoms with E-state index in [2.05, 4.69) is 90.4 Å². The minimum atomic E-state index is -1.99. The van der Waals surface area contributed by atoms with E-state index in [0.717, 1.165) is 0 Å². The molecule has 106 valence electrons. The third-order valence-corrected chi connectivity index (χ3v) is 9.07. The highest BCUT2D eigenvalue weighted by molar-refractivity contribution is 14.1. The molecule has 1 aliphatic rings. The van der Waals surface area contributed by atoms with Crippen molar-refractivity contribution in [1.29, 1.82) is 0 Å². The highest BCUT2D eigenvalue weighted by Gasteiger charge is 2.55. The lowest BCUT2D eigenvalue weighted by Gasteiger charge is -2.24. The van der Waals surface area contributed by atoms with Gasteiger partial charge in [-0.05, 0) is 53.8 Å². The van der Waals surface area contributed by atoms with Gasteiger partial charge in [-0.2, -0.15) is 0 Å². The summed E-state index contributed by atoms with van der Waals surface area (Å²) in [5.74, 6) is 2.32. The van der Waals surface area contributed by atoms with Gasteiger partial charge in [0, 0.05) is 0 Å². The number of benzene rings is 2. The van der Waals surface area contributed by atoms with Crippen LogP contribution in [-0.4, -0.2) is 5.60 Å². The predicted octanol–water partition coefficient (Wildman–Crippen LogP) is 4.82. The van der Waals surface area contributed by atoms with Crippen molar-refractivity contribution >= 4 is 40.7 Å². The van der Waals surface area contributed by atoms with Crippen molar-refractivity contribution in [2.45, 2.75) is 12.5 Å². The van der Waals surface area contributed by atoms with E-state index < -0.39 is 13.1 Å². The summed E-state index contributed by atoms with van der Waals surface area (Å²) in [5, 5.41) is 2.49. The maximum atomic E-state index is 6.66. The molecule has 0 bridgehead atoms. The summed E-state index contributed by atoms with van der Waals surface area (Å²) in [5.41, 5.74) is -0.403. The van der Waals surface area contributed by atoms with Crippen LogP contribution in [0, 0.1) is 0 Å². The molecule has 0 saturated carbocycles. The third kappa shape index (κ3) is 2.50. The summed E-state index contributed by atoms with van der Waals surface area (Å²) in [7, 11) is -1.99. The summed E-state index contributed by atoms with van der Waals surface area (Å²) in [6, 6.07) is 21.0. The van der Waals surface area contributed by atoms with E-state index in [9.17, 15) is 0 Å². The fourth-order valence-electron chi connectivity index (χ4n) is 2.49. The quantitative estimate of drug-likeness (QED) is 0.403. The van der Waals surface area contributed by atoms with Crippen LogP contribution in [0.15, 0.2) is 82.7 Å². The molecule has 21 heavy (non-hydrogen) atoms. The summed E-state index contributed by atoms with van der Waals surface area (Å²) >= 11 is 2.38.